The summed E-state index contributed by atoms with van der Waals surface area (Å²) in [6.45, 7) is -2.00. The first-order valence-electron chi connectivity index (χ1n) is 2.10. The van der Waals surface area contributed by atoms with Crippen LogP contribution >= 0.6 is 0 Å². The molecule has 0 saturated heterocycles. The lowest BCUT2D eigenvalue weighted by Gasteiger charge is -2.05. The molecule has 0 rings (SSSR count). The van der Waals surface area contributed by atoms with E-state index in [-0.39, 0.29) is 0 Å². The van der Waals surface area contributed by atoms with Crippen LogP contribution < -0.4 is 0 Å². The smallest absolute Gasteiger partial charge is 0.261 e. The van der Waals surface area contributed by atoms with Crippen LogP contribution in [-0.2, 0) is 4.79 Å². The molecule has 0 amide bonds. The minimum Gasteiger partial charge on any atom is -0.261 e. The quantitative estimate of drug-likeness (QED) is 0.433. The normalized spacial score (nSPS) is 11.6. The highest BCUT2D eigenvalue weighted by atomic mass is 19.3. The first-order chi connectivity index (χ1) is 3.98. The first-order valence-corrected chi connectivity index (χ1v) is 2.10. The Hall–Kier alpha value is -0.610. The molecule has 0 radical (unpaired) electrons. The Morgan fingerprint density at radius 1 is 1.44 bits per heavy atom. The maximum absolute atomic E-state index is 11.6. The van der Waals surface area contributed by atoms with Crippen molar-refractivity contribution < 1.29 is 22.4 Å². The number of rotatable bonds is 3. The molecule has 1 nitrogen and oxygen atoms in total. The molecular weight excluding hydrogens is 140 g/mol. The van der Waals surface area contributed by atoms with E-state index in [0.717, 1.165) is 0 Å². The van der Waals surface area contributed by atoms with Crippen molar-refractivity contribution in [1.29, 1.82) is 0 Å². The van der Waals surface area contributed by atoms with Crippen LogP contribution in [0.2, 0.25) is 0 Å². The summed E-state index contributed by atoms with van der Waals surface area (Å²) in [6.07, 6.45) is -1.66. The van der Waals surface area contributed by atoms with Crippen molar-refractivity contribution in [2.75, 3.05) is 6.67 Å². The molecule has 0 unspecified atom stereocenters. The largest absolute Gasteiger partial charge is 0.307 e. The average molecular weight is 144 g/mol. The Balaban J connectivity index is 3.71. The van der Waals surface area contributed by atoms with Crippen LogP contribution in [0.5, 0.6) is 0 Å². The summed E-state index contributed by atoms with van der Waals surface area (Å²) >= 11 is 0. The summed E-state index contributed by atoms with van der Waals surface area (Å²) in [5, 5.41) is 0. The van der Waals surface area contributed by atoms with E-state index < -0.39 is 25.1 Å². The third kappa shape index (κ3) is 3.93. The number of hydrogen-bond acceptors (Lipinski definition) is 1. The van der Waals surface area contributed by atoms with Gasteiger partial charge in [-0.05, 0) is 0 Å². The van der Waals surface area contributed by atoms with Gasteiger partial charge in [0.25, 0.3) is 5.92 Å². The van der Waals surface area contributed by atoms with Crippen molar-refractivity contribution in [3.05, 3.63) is 0 Å². The highest BCUT2D eigenvalue weighted by molar-refractivity contribution is 5.68. The Morgan fingerprint density at radius 3 is 2.00 bits per heavy atom. The van der Waals surface area contributed by atoms with Crippen LogP contribution in [0.15, 0.2) is 0 Å². The Bertz CT molecular complexity index is 111. The summed E-state index contributed by atoms with van der Waals surface area (Å²) in [5.74, 6) is -3.83. The zero-order chi connectivity index (χ0) is 7.49. The molecule has 5 heteroatoms. The number of carbonyl (C=O) groups excluding carboxylic acids is 1. The van der Waals surface area contributed by atoms with Crippen molar-refractivity contribution in [1.82, 2.24) is 0 Å². The summed E-state index contributed by atoms with van der Waals surface area (Å²) in [5.41, 5.74) is 0. The van der Waals surface area contributed by atoms with Gasteiger partial charge in [-0.3, -0.25) is 4.79 Å². The van der Waals surface area contributed by atoms with Crippen molar-refractivity contribution >= 4 is 6.04 Å². The van der Waals surface area contributed by atoms with Crippen LogP contribution in [0.25, 0.3) is 0 Å². The molecule has 0 aliphatic heterocycles. The molecule has 0 heterocycles. The van der Waals surface area contributed by atoms with Crippen molar-refractivity contribution in [2.45, 2.75) is 12.3 Å². The maximum atomic E-state index is 11.6. The monoisotopic (exact) mass is 144 g/mol. The Labute approximate surface area is 48.7 Å². The van der Waals surface area contributed by atoms with E-state index in [0.29, 0.717) is 0 Å². The van der Waals surface area contributed by atoms with Gasteiger partial charge in [0.15, 0.2) is 6.67 Å². The van der Waals surface area contributed by atoms with Gasteiger partial charge in [0.2, 0.25) is 0 Å². The Kier molecular flexibility index (Phi) is 2.61. The number of carbonyl (C=O) groups is 1. The molecule has 0 spiro atoms. The van der Waals surface area contributed by atoms with Gasteiger partial charge in [-0.25, -0.2) is 13.2 Å². The van der Waals surface area contributed by atoms with Crippen LogP contribution in [0.1, 0.15) is 6.42 Å². The molecule has 54 valence electrons. The molecular formula is C4H4F4O. The lowest BCUT2D eigenvalue weighted by atomic mass is 10.3. The van der Waals surface area contributed by atoms with Crippen LogP contribution in [0.3, 0.4) is 0 Å². The predicted molar refractivity (Wildman–Crippen MR) is 21.7 cm³/mol. The van der Waals surface area contributed by atoms with Crippen molar-refractivity contribution in [3.8, 4) is 0 Å². The van der Waals surface area contributed by atoms with Gasteiger partial charge in [-0.1, -0.05) is 0 Å². The molecule has 0 aliphatic carbocycles. The fraction of sp³-hybridized carbons (Fsp3) is 0.750. The van der Waals surface area contributed by atoms with Crippen LogP contribution in [0.4, 0.5) is 17.6 Å². The fourth-order valence-electron chi connectivity index (χ4n) is 0.251. The van der Waals surface area contributed by atoms with E-state index >= 15 is 0 Å². The van der Waals surface area contributed by atoms with E-state index in [1.165, 1.54) is 0 Å². The van der Waals surface area contributed by atoms with Gasteiger partial charge in [-0.2, -0.15) is 4.39 Å². The van der Waals surface area contributed by atoms with Crippen molar-refractivity contribution in [2.24, 2.45) is 0 Å². The molecule has 0 atom stereocenters. The van der Waals surface area contributed by atoms with E-state index in [2.05, 4.69) is 0 Å². The zero-order valence-corrected chi connectivity index (χ0v) is 4.33. The summed E-state index contributed by atoms with van der Waals surface area (Å²) in [7, 11) is 0. The number of alkyl halides is 3. The Morgan fingerprint density at radius 2 is 1.89 bits per heavy atom. The fourth-order valence-corrected chi connectivity index (χ4v) is 0.251. The molecule has 0 aromatic rings. The van der Waals surface area contributed by atoms with Gasteiger partial charge in [0.05, 0.1) is 0 Å². The molecule has 0 aromatic heterocycles. The maximum Gasteiger partial charge on any atom is 0.307 e. The van der Waals surface area contributed by atoms with Gasteiger partial charge in [0, 0.05) is 0 Å². The minimum absolute atomic E-state index is 1.66. The zero-order valence-electron chi connectivity index (χ0n) is 4.33. The highest BCUT2D eigenvalue weighted by Crippen LogP contribution is 2.18. The van der Waals surface area contributed by atoms with Crippen molar-refractivity contribution in [3.63, 3.8) is 0 Å². The SMILES string of the molecule is O=C(F)CC(F)(F)CF. The molecule has 0 N–H and O–H groups in total. The van der Waals surface area contributed by atoms with Gasteiger partial charge in [-0.15, -0.1) is 0 Å². The second-order valence-corrected chi connectivity index (χ2v) is 1.52. The van der Waals surface area contributed by atoms with Gasteiger partial charge >= 0.3 is 6.04 Å². The van der Waals surface area contributed by atoms with Gasteiger partial charge in [0.1, 0.15) is 6.42 Å². The molecule has 0 fully saturated rings. The van der Waals surface area contributed by atoms with E-state index in [9.17, 15) is 22.4 Å². The summed E-state index contributed by atoms with van der Waals surface area (Å²) < 4.78 is 45.3. The molecule has 0 aromatic carbocycles. The van der Waals surface area contributed by atoms with Crippen LogP contribution in [0, 0.1) is 0 Å². The van der Waals surface area contributed by atoms with Gasteiger partial charge < -0.3 is 0 Å². The predicted octanol–water partition coefficient (Wildman–Crippen LogP) is 1.48. The third-order valence-corrected chi connectivity index (χ3v) is 0.593. The second kappa shape index (κ2) is 2.80. The molecule has 0 saturated carbocycles. The summed E-state index contributed by atoms with van der Waals surface area (Å²) in [4.78, 5) is 9.30. The number of halogens is 4. The second-order valence-electron chi connectivity index (χ2n) is 1.52. The molecule has 9 heavy (non-hydrogen) atoms. The van der Waals surface area contributed by atoms with E-state index in [1.807, 2.05) is 0 Å². The van der Waals surface area contributed by atoms with E-state index in [1.54, 1.807) is 0 Å². The molecule has 0 aliphatic rings. The summed E-state index contributed by atoms with van der Waals surface area (Å²) in [6, 6.07) is -2.20. The lowest BCUT2D eigenvalue weighted by Crippen LogP contribution is -2.21. The topological polar surface area (TPSA) is 17.1 Å². The van der Waals surface area contributed by atoms with E-state index in [4.69, 9.17) is 0 Å². The lowest BCUT2D eigenvalue weighted by molar-refractivity contribution is -0.138. The minimum atomic E-state index is -3.83. The average Bonchev–Trinajstić information content (AvgIpc) is 1.63. The first kappa shape index (κ1) is 8.39. The number of hydrogen-bond donors (Lipinski definition) is 0. The third-order valence-electron chi connectivity index (χ3n) is 0.593. The van der Waals surface area contributed by atoms with Crippen LogP contribution in [-0.4, -0.2) is 18.6 Å². The highest BCUT2D eigenvalue weighted by Gasteiger charge is 2.32. The molecule has 0 bridgehead atoms. The standard InChI is InChI=1S/C4H4F4O/c5-2-4(7,8)1-3(6)9/h1-2H2.